The zero-order valence-corrected chi connectivity index (χ0v) is 22.1. The summed E-state index contributed by atoms with van der Waals surface area (Å²) in [5, 5.41) is 31.8. The maximum Gasteiger partial charge on any atom is 0.387 e. The number of aliphatic carboxylic acids is 1. The number of nitrogens with zero attached hydrogens (tertiary/aromatic N) is 3. The molecule has 1 saturated carbocycles. The van der Waals surface area contributed by atoms with E-state index in [4.69, 9.17) is 9.72 Å². The van der Waals surface area contributed by atoms with E-state index >= 15 is 0 Å². The quantitative estimate of drug-likeness (QED) is 0.337. The molecule has 1 fully saturated rings. The number of carboxylic acids is 1. The lowest BCUT2D eigenvalue weighted by Crippen LogP contribution is -2.45. The summed E-state index contributed by atoms with van der Waals surface area (Å²) in [7, 11) is 1.40. The molecule has 5 rings (SSSR count). The first-order chi connectivity index (χ1) is 19.1. The number of hydrogen-bond donors (Lipinski definition) is 3. The Balaban J connectivity index is 1.71. The highest BCUT2D eigenvalue weighted by molar-refractivity contribution is 5.86. The SMILES string of the molecule is COC(O)N1c2ccc3c(nc(C(O)c4cc(F)ccc4OC(F)F)n3C3CCCC(C(=O)O)C3)c2CC[C@@H]1C. The van der Waals surface area contributed by atoms with Crippen molar-refractivity contribution in [1.29, 1.82) is 0 Å². The third kappa shape index (κ3) is 5.11. The Morgan fingerprint density at radius 2 is 1.93 bits per heavy atom. The van der Waals surface area contributed by atoms with Crippen molar-refractivity contribution in [2.75, 3.05) is 12.0 Å². The van der Waals surface area contributed by atoms with Gasteiger partial charge >= 0.3 is 12.6 Å². The van der Waals surface area contributed by atoms with Crippen molar-refractivity contribution in [3.05, 3.63) is 53.1 Å². The van der Waals surface area contributed by atoms with Gasteiger partial charge in [-0.2, -0.15) is 8.78 Å². The third-order valence-corrected chi connectivity index (χ3v) is 8.07. The second-order valence-electron chi connectivity index (χ2n) is 10.4. The Bertz CT molecular complexity index is 1400. The van der Waals surface area contributed by atoms with Gasteiger partial charge in [0.05, 0.1) is 17.0 Å². The van der Waals surface area contributed by atoms with Crippen molar-refractivity contribution < 1.29 is 42.8 Å². The lowest BCUT2D eigenvalue weighted by atomic mass is 9.85. The highest BCUT2D eigenvalue weighted by Gasteiger charge is 2.36. The van der Waals surface area contributed by atoms with E-state index in [-0.39, 0.29) is 35.6 Å². The van der Waals surface area contributed by atoms with Crippen molar-refractivity contribution in [2.24, 2.45) is 5.92 Å². The number of imidazole rings is 1. The first-order valence-corrected chi connectivity index (χ1v) is 13.3. The first-order valence-electron chi connectivity index (χ1n) is 13.3. The Hall–Kier alpha value is -3.35. The summed E-state index contributed by atoms with van der Waals surface area (Å²) < 4.78 is 52.2. The summed E-state index contributed by atoms with van der Waals surface area (Å²) in [5.74, 6) is -2.58. The zero-order chi connectivity index (χ0) is 28.7. The molecule has 1 aromatic heterocycles. The Morgan fingerprint density at radius 3 is 2.62 bits per heavy atom. The number of aliphatic hydroxyl groups excluding tert-OH is 2. The fourth-order valence-corrected chi connectivity index (χ4v) is 6.17. The molecule has 216 valence electrons. The predicted octanol–water partition coefficient (Wildman–Crippen LogP) is 4.74. The largest absolute Gasteiger partial charge is 0.481 e. The van der Waals surface area contributed by atoms with Gasteiger partial charge in [-0.25, -0.2) is 9.37 Å². The maximum atomic E-state index is 14.3. The van der Waals surface area contributed by atoms with Crippen LogP contribution in [-0.2, 0) is 16.0 Å². The number of hydrogen-bond acceptors (Lipinski definition) is 7. The standard InChI is InChI=1S/C28H32F3N3O6/c1-14-6-8-18-20(33(14)28(38)39-2)9-10-21-23(18)32-25(34(21)17-5-3-4-15(12-17)26(36)37)24(35)19-13-16(29)7-11-22(19)40-27(30)31/h7,9-11,13-15,17,24,27-28,35,38H,3-6,8,12H2,1-2H3,(H,36,37)/t14-,15?,17?,24?,28?/m0/s1. The van der Waals surface area contributed by atoms with Crippen LogP contribution in [0.1, 0.15) is 68.1 Å². The van der Waals surface area contributed by atoms with Crippen molar-refractivity contribution in [3.8, 4) is 5.75 Å². The van der Waals surface area contributed by atoms with Crippen LogP contribution < -0.4 is 9.64 Å². The van der Waals surface area contributed by atoms with Crippen LogP contribution in [0.25, 0.3) is 11.0 Å². The molecule has 3 N–H and O–H groups in total. The minimum absolute atomic E-state index is 0.0388. The molecule has 3 aromatic rings. The summed E-state index contributed by atoms with van der Waals surface area (Å²) in [6, 6.07) is 6.14. The van der Waals surface area contributed by atoms with Crippen LogP contribution in [0.15, 0.2) is 30.3 Å². The number of benzene rings is 2. The van der Waals surface area contributed by atoms with Crippen LogP contribution in [0.2, 0.25) is 0 Å². The number of anilines is 1. The number of aromatic nitrogens is 2. The molecule has 12 heteroatoms. The van der Waals surface area contributed by atoms with Gasteiger partial charge in [-0.3, -0.25) is 4.79 Å². The van der Waals surface area contributed by atoms with E-state index in [9.17, 15) is 33.3 Å². The monoisotopic (exact) mass is 563 g/mol. The Labute approximate surface area is 228 Å². The van der Waals surface area contributed by atoms with Crippen LogP contribution >= 0.6 is 0 Å². The van der Waals surface area contributed by atoms with Crippen molar-refractivity contribution in [2.45, 2.75) is 76.7 Å². The average molecular weight is 564 g/mol. The van der Waals surface area contributed by atoms with Crippen LogP contribution in [0, 0.1) is 11.7 Å². The molecule has 9 nitrogen and oxygen atoms in total. The summed E-state index contributed by atoms with van der Waals surface area (Å²) in [4.78, 5) is 18.4. The van der Waals surface area contributed by atoms with Gasteiger partial charge in [-0.15, -0.1) is 0 Å². The highest BCUT2D eigenvalue weighted by atomic mass is 19.3. The number of alkyl halides is 2. The minimum Gasteiger partial charge on any atom is -0.481 e. The molecular weight excluding hydrogens is 531 g/mol. The van der Waals surface area contributed by atoms with Crippen LogP contribution in [-0.4, -0.2) is 57.0 Å². The molecule has 2 aromatic carbocycles. The number of halogens is 3. The van der Waals surface area contributed by atoms with Gasteiger partial charge in [0, 0.05) is 36.0 Å². The van der Waals surface area contributed by atoms with Gasteiger partial charge in [0.1, 0.15) is 23.5 Å². The lowest BCUT2D eigenvalue weighted by Gasteiger charge is -2.39. The fraction of sp³-hybridized carbons (Fsp3) is 0.500. The molecule has 0 spiro atoms. The highest BCUT2D eigenvalue weighted by Crippen LogP contribution is 2.43. The molecule has 1 aliphatic heterocycles. The van der Waals surface area contributed by atoms with Gasteiger partial charge in [0.25, 0.3) is 0 Å². The molecule has 2 aliphatic rings. The van der Waals surface area contributed by atoms with Gasteiger partial charge in [0.2, 0.25) is 6.41 Å². The lowest BCUT2D eigenvalue weighted by molar-refractivity contribution is -0.143. The van der Waals surface area contributed by atoms with Gasteiger partial charge in [-0.1, -0.05) is 6.42 Å². The summed E-state index contributed by atoms with van der Waals surface area (Å²) in [6.45, 7) is -1.23. The van der Waals surface area contributed by atoms with Crippen LogP contribution in [0.5, 0.6) is 5.75 Å². The molecule has 0 amide bonds. The number of ether oxygens (including phenoxy) is 2. The zero-order valence-electron chi connectivity index (χ0n) is 22.1. The molecule has 2 heterocycles. The van der Waals surface area contributed by atoms with Gasteiger partial charge in [-0.05, 0) is 69.4 Å². The molecule has 0 bridgehead atoms. The molecule has 4 unspecified atom stereocenters. The third-order valence-electron chi connectivity index (χ3n) is 8.07. The fourth-order valence-electron chi connectivity index (χ4n) is 6.17. The summed E-state index contributed by atoms with van der Waals surface area (Å²) in [6.07, 6.45) is 0.480. The second-order valence-corrected chi connectivity index (χ2v) is 10.4. The van der Waals surface area contributed by atoms with Crippen molar-refractivity contribution >= 4 is 22.7 Å². The normalized spacial score (nSPS) is 22.8. The molecule has 0 radical (unpaired) electrons. The summed E-state index contributed by atoms with van der Waals surface area (Å²) in [5.41, 5.74) is 2.43. The molecule has 5 atom stereocenters. The summed E-state index contributed by atoms with van der Waals surface area (Å²) >= 11 is 0. The first kappa shape index (κ1) is 28.2. The minimum atomic E-state index is -3.20. The Kier molecular flexibility index (Phi) is 7.94. The predicted molar refractivity (Wildman–Crippen MR) is 139 cm³/mol. The van der Waals surface area contributed by atoms with E-state index in [1.165, 1.54) is 7.11 Å². The molecule has 1 aliphatic carbocycles. The maximum absolute atomic E-state index is 14.3. The molecule has 0 saturated heterocycles. The van der Waals surface area contributed by atoms with Crippen LogP contribution in [0.4, 0.5) is 18.9 Å². The van der Waals surface area contributed by atoms with E-state index in [0.717, 1.165) is 23.8 Å². The number of aliphatic hydroxyl groups is 2. The second kappa shape index (κ2) is 11.3. The van der Waals surface area contributed by atoms with Crippen LogP contribution in [0.3, 0.4) is 0 Å². The van der Waals surface area contributed by atoms with Gasteiger partial charge in [0.15, 0.2) is 0 Å². The van der Waals surface area contributed by atoms with E-state index in [2.05, 4.69) is 4.74 Å². The number of carbonyl (C=O) groups is 1. The topological polar surface area (TPSA) is 117 Å². The Morgan fingerprint density at radius 1 is 1.15 bits per heavy atom. The van der Waals surface area contributed by atoms with Crippen molar-refractivity contribution in [3.63, 3.8) is 0 Å². The number of rotatable bonds is 8. The number of fused-ring (bicyclic) bond motifs is 3. The van der Waals surface area contributed by atoms with E-state index < -0.39 is 36.8 Å². The number of carboxylic acid groups (broad SMARTS) is 1. The number of aryl methyl sites for hydroxylation is 1. The van der Waals surface area contributed by atoms with E-state index in [0.29, 0.717) is 48.8 Å². The molecule has 40 heavy (non-hydrogen) atoms. The smallest absolute Gasteiger partial charge is 0.387 e. The van der Waals surface area contributed by atoms with E-state index in [1.807, 2.05) is 13.0 Å². The van der Waals surface area contributed by atoms with E-state index in [1.54, 1.807) is 15.5 Å². The average Bonchev–Trinajstić information content (AvgIpc) is 3.33. The van der Waals surface area contributed by atoms with Crippen molar-refractivity contribution in [1.82, 2.24) is 9.55 Å². The van der Waals surface area contributed by atoms with Gasteiger partial charge < -0.3 is 34.3 Å². The number of methoxy groups -OCH3 is 1. The molecular formula is C28H32F3N3O6.